The van der Waals surface area contributed by atoms with Crippen molar-refractivity contribution >= 4 is 144 Å². The number of terminal acetylenes is 2. The number of carbonyl (C=O) groups is 4. The molecule has 17 heteroatoms. The largest absolute Gasteiger partial charge is 0.483 e. The van der Waals surface area contributed by atoms with Crippen LogP contribution in [-0.4, -0.2) is 103 Å². The summed E-state index contributed by atoms with van der Waals surface area (Å²) < 4.78 is 9.18. The van der Waals surface area contributed by atoms with Gasteiger partial charge in [0.25, 0.3) is 6.47 Å². The number of nitrogens with one attached hydrogen (secondary N) is 1. The fourth-order valence-electron chi connectivity index (χ4n) is 7.65. The smallest absolute Gasteiger partial charge is 0.330 e. The number of aliphatic carboxylic acids is 1. The lowest BCUT2D eigenvalue weighted by Crippen LogP contribution is -2.19. The lowest BCUT2D eigenvalue weighted by molar-refractivity contribution is -0.137. The van der Waals surface area contributed by atoms with E-state index in [0.29, 0.717) is 12.6 Å². The van der Waals surface area contributed by atoms with Gasteiger partial charge in [0.2, 0.25) is 6.41 Å². The number of esters is 1. The van der Waals surface area contributed by atoms with Gasteiger partial charge in [0.1, 0.15) is 8.07 Å². The Bertz CT molecular complexity index is 3620. The Balaban J connectivity index is 0.000000288. The molecule has 3 fully saturated rings. The number of benzene rings is 7. The van der Waals surface area contributed by atoms with E-state index in [-0.39, 0.29) is 12.4 Å². The number of carboxylic acid groups (broad SMARTS) is 2. The monoisotopic (exact) mass is 1560 g/mol. The Morgan fingerprint density at radius 1 is 0.598 bits per heavy atom. The number of rotatable bonds is 14. The summed E-state index contributed by atoms with van der Waals surface area (Å²) in [5, 5.41) is 18.6. The Kier molecular flexibility index (Phi) is 36.7. The van der Waals surface area contributed by atoms with Crippen molar-refractivity contribution in [3.63, 3.8) is 0 Å². The van der Waals surface area contributed by atoms with E-state index in [0.717, 1.165) is 77.2 Å². The first-order valence-corrected chi connectivity index (χ1v) is 36.6. The predicted octanol–water partition coefficient (Wildman–Crippen LogP) is 17.7. The molecule has 0 aliphatic heterocycles. The van der Waals surface area contributed by atoms with Gasteiger partial charge in [-0.15, -0.1) is 18.4 Å². The molecule has 12 nitrogen and oxygen atoms in total. The summed E-state index contributed by atoms with van der Waals surface area (Å²) in [6.45, 7) is 8.39. The van der Waals surface area contributed by atoms with Crippen LogP contribution in [0.2, 0.25) is 19.6 Å². The van der Waals surface area contributed by atoms with E-state index in [1.165, 1.54) is 70.1 Å². The highest BCUT2D eigenvalue weighted by Crippen LogP contribution is 2.33. The Hall–Kier alpha value is -7.83. The van der Waals surface area contributed by atoms with E-state index in [4.69, 9.17) is 32.6 Å². The van der Waals surface area contributed by atoms with E-state index in [9.17, 15) is 14.4 Å². The predicted molar refractivity (Wildman–Crippen MR) is 406 cm³/mol. The third-order valence-electron chi connectivity index (χ3n) is 13.3. The van der Waals surface area contributed by atoms with Crippen molar-refractivity contribution in [1.29, 1.82) is 0 Å². The van der Waals surface area contributed by atoms with Crippen LogP contribution in [0.1, 0.15) is 73.3 Å². The second kappa shape index (κ2) is 43.1. The summed E-state index contributed by atoms with van der Waals surface area (Å²) in [5.41, 5.74) is 13.2. The van der Waals surface area contributed by atoms with Crippen LogP contribution in [0.25, 0.3) is 12.2 Å². The van der Waals surface area contributed by atoms with E-state index < -0.39 is 14.0 Å². The molecule has 3 aliphatic rings. The van der Waals surface area contributed by atoms with Crippen LogP contribution in [0.4, 0.5) is 28.4 Å². The van der Waals surface area contributed by atoms with Gasteiger partial charge in [-0.2, -0.15) is 0 Å². The Labute approximate surface area is 586 Å². The zero-order valence-corrected chi connectivity index (χ0v) is 61.6. The molecular formula is C75H83Br3IN5O7Si. The summed E-state index contributed by atoms with van der Waals surface area (Å²) in [5.74, 6) is 7.76. The molecule has 0 spiro atoms. The van der Waals surface area contributed by atoms with Gasteiger partial charge in [0.05, 0.1) is 6.61 Å². The number of nitrogens with zero attached hydrogens (tertiary/aromatic N) is 4. The van der Waals surface area contributed by atoms with Gasteiger partial charge < -0.3 is 39.9 Å². The van der Waals surface area contributed by atoms with Crippen LogP contribution in [0.5, 0.6) is 0 Å². The molecule has 3 saturated carbocycles. The molecule has 92 heavy (non-hydrogen) atoms. The van der Waals surface area contributed by atoms with Crippen LogP contribution in [0.15, 0.2) is 195 Å². The molecular weight excluding hydrogens is 1480 g/mol. The maximum atomic E-state index is 11.0. The Morgan fingerprint density at radius 2 is 0.989 bits per heavy atom. The lowest BCUT2D eigenvalue weighted by Gasteiger charge is -2.18. The third kappa shape index (κ3) is 34.0. The van der Waals surface area contributed by atoms with Crippen LogP contribution < -0.4 is 24.9 Å². The number of hydrogen-bond donors (Lipinski definition) is 3. The maximum absolute atomic E-state index is 11.0. The first-order chi connectivity index (χ1) is 44.0. The highest BCUT2D eigenvalue weighted by molar-refractivity contribution is 14.1. The summed E-state index contributed by atoms with van der Waals surface area (Å²) >= 11 is 12.4. The van der Waals surface area contributed by atoms with Gasteiger partial charge in [0.15, 0.2) is 0 Å². The summed E-state index contributed by atoms with van der Waals surface area (Å²) in [6.07, 6.45) is 25.0. The van der Waals surface area contributed by atoms with Gasteiger partial charge >= 0.3 is 11.9 Å². The van der Waals surface area contributed by atoms with Gasteiger partial charge in [-0.05, 0) is 207 Å². The SMILES string of the molecule is C#C[Si](C)(C)C.C#Cc1cccc(N(C)C2CC2)c1.CCOC(=O)/C=C/c1ccc(I)cc1.CN(C=O)c1cccc(Br)c1.CN(c1cccc(Br)c1)C1CC1.CN(c1cccc(C#Cc2ccc(/C=C/C(=O)O)cc2)c1)C1CC1.CNc1cccc(Br)c1.O=CO. The first kappa shape index (κ1) is 78.4. The fraction of sp³-hybridized carbons (Fsp3) is 0.253. The van der Waals surface area contributed by atoms with E-state index in [2.05, 4.69) is 203 Å². The second-order valence-electron chi connectivity index (χ2n) is 21.9. The van der Waals surface area contributed by atoms with Gasteiger partial charge in [-0.1, -0.05) is 140 Å². The number of carboxylic acids is 1. The van der Waals surface area contributed by atoms with Gasteiger partial charge in [-0.25, -0.2) is 9.59 Å². The quantitative estimate of drug-likeness (QED) is 0.0239. The van der Waals surface area contributed by atoms with Crippen LogP contribution in [0.3, 0.4) is 0 Å². The number of anilines is 5. The molecule has 0 saturated heterocycles. The van der Waals surface area contributed by atoms with Crippen molar-refractivity contribution in [3.8, 4) is 36.2 Å². The molecule has 0 unspecified atom stereocenters. The van der Waals surface area contributed by atoms with Gasteiger partial charge in [-0.3, -0.25) is 9.59 Å². The van der Waals surface area contributed by atoms with Gasteiger partial charge in [0, 0.05) is 128 Å². The molecule has 0 atom stereocenters. The number of ether oxygens (including phenoxy) is 1. The highest BCUT2D eigenvalue weighted by Gasteiger charge is 2.28. The number of hydrogen-bond acceptors (Lipinski definition) is 9. The molecule has 482 valence electrons. The highest BCUT2D eigenvalue weighted by atomic mass is 127. The first-order valence-electron chi connectivity index (χ1n) is 29.6. The van der Waals surface area contributed by atoms with Crippen molar-refractivity contribution in [2.45, 2.75) is 83.2 Å². The van der Waals surface area contributed by atoms with Crippen molar-refractivity contribution in [3.05, 3.63) is 227 Å². The van der Waals surface area contributed by atoms with Crippen molar-refractivity contribution in [2.24, 2.45) is 0 Å². The van der Waals surface area contributed by atoms with Crippen molar-refractivity contribution in [1.82, 2.24) is 0 Å². The molecule has 1 amide bonds. The zero-order valence-electron chi connectivity index (χ0n) is 53.7. The third-order valence-corrected chi connectivity index (χ3v) is 16.4. The van der Waals surface area contributed by atoms with Crippen LogP contribution >= 0.6 is 70.4 Å². The topological polar surface area (TPSA) is 143 Å². The molecule has 0 aromatic heterocycles. The van der Waals surface area contributed by atoms with E-state index in [1.807, 2.05) is 128 Å². The zero-order chi connectivity index (χ0) is 68.0. The molecule has 0 radical (unpaired) electrons. The average molecular weight is 1560 g/mol. The minimum Gasteiger partial charge on any atom is -0.483 e. The van der Waals surface area contributed by atoms with Crippen molar-refractivity contribution in [2.75, 3.05) is 66.8 Å². The minimum atomic E-state index is -1.10. The van der Waals surface area contributed by atoms with E-state index >= 15 is 0 Å². The summed E-state index contributed by atoms with van der Waals surface area (Å²) in [6, 6.07) is 58.1. The minimum absolute atomic E-state index is 0.250. The standard InChI is InChI=1S/C21H19NO2.C12H13N.C11H11IO2.C10H12BrN.C8H8BrNO.C7H8BrN.C5H10Si.CH2O2/c1-22(19-12-13-19)20-4-2-3-18(15-20)10-9-16-5-7-17(8-6-16)11-14-21(23)24;1-3-10-5-4-6-12(9-10)13(2)11-7-8-11;1-2-14-11(13)8-5-9-3-6-10(12)7-4-9;1-12(9-5-6-9)10-4-2-3-8(11)7-10;1-10(6-11)8-4-2-3-7(9)5-8;1-9-7-4-2-3-6(8)5-7;1-5-6(2,3)4;2-1-3/h2-8,11,14-15,19H,12-13H2,1H3,(H,23,24);1,4-6,9,11H,7-8H2,2H3;3-8H,2H2,1H3;2-4,7,9H,5-6H2,1H3;2-6H,1H3;2-5,9H,1H3;1H,2-4H3;1H,(H,2,3)/b14-11+;;8-5+;;;;;. The second-order valence-corrected chi connectivity index (χ2v) is 30.7. The van der Waals surface area contributed by atoms with E-state index in [1.54, 1.807) is 26.1 Å². The molecule has 3 N–H and O–H groups in total. The van der Waals surface area contributed by atoms with Crippen molar-refractivity contribution < 1.29 is 34.1 Å². The van der Waals surface area contributed by atoms with Crippen LogP contribution in [-0.2, 0) is 23.9 Å². The average Bonchev–Trinajstić information content (AvgIpc) is 1.87. The summed E-state index contributed by atoms with van der Waals surface area (Å²) in [7, 11) is 8.95. The molecule has 10 rings (SSSR count). The lowest BCUT2D eigenvalue weighted by atomic mass is 10.1. The normalized spacial score (nSPS) is 12.1. The molecule has 0 heterocycles. The molecule has 7 aromatic carbocycles. The number of carbonyl (C=O) groups excluding carboxylic acids is 2. The maximum Gasteiger partial charge on any atom is 0.330 e. The van der Waals surface area contributed by atoms with Crippen LogP contribution in [0, 0.1) is 39.7 Å². The molecule has 3 aliphatic carbocycles. The molecule has 0 bridgehead atoms. The summed E-state index contributed by atoms with van der Waals surface area (Å²) in [4.78, 5) is 48.7. The number of amides is 1. The number of halogens is 4. The fourth-order valence-corrected chi connectivity index (χ4v) is 9.18. The molecule has 7 aromatic rings. The Morgan fingerprint density at radius 3 is 1.39 bits per heavy atom.